The average Bonchev–Trinajstić information content (AvgIpc) is 3.05. The first-order valence-corrected chi connectivity index (χ1v) is 9.87. The molecule has 4 heterocycles. The second kappa shape index (κ2) is 8.97. The molecule has 0 bridgehead atoms. The van der Waals surface area contributed by atoms with E-state index in [9.17, 15) is 9.59 Å². The molecule has 0 aromatic carbocycles. The molecule has 0 saturated heterocycles. The average molecular weight is 384 g/mol. The Hall–Kier alpha value is -2.74. The van der Waals surface area contributed by atoms with Gasteiger partial charge in [-0.05, 0) is 12.1 Å². The number of rotatable bonds is 3. The zero-order chi connectivity index (χ0) is 20.1. The summed E-state index contributed by atoms with van der Waals surface area (Å²) in [6, 6.07) is 5.64. The van der Waals surface area contributed by atoms with E-state index in [0.29, 0.717) is 31.9 Å². The lowest BCUT2D eigenvalue weighted by Gasteiger charge is -2.24. The number of carbonyl (C=O) groups is 2. The van der Waals surface area contributed by atoms with Crippen LogP contribution < -0.4 is 10.6 Å². The van der Waals surface area contributed by atoms with Crippen LogP contribution in [0.15, 0.2) is 24.4 Å². The molecular weight excluding hydrogens is 356 g/mol. The minimum Gasteiger partial charge on any atom is -0.359 e. The lowest BCUT2D eigenvalue weighted by atomic mass is 10.1. The lowest BCUT2D eigenvalue weighted by molar-refractivity contribution is -0.125. The van der Waals surface area contributed by atoms with Crippen LogP contribution in [0.3, 0.4) is 0 Å². The first-order valence-electron chi connectivity index (χ1n) is 9.87. The molecule has 0 radical (unpaired) electrons. The summed E-state index contributed by atoms with van der Waals surface area (Å²) >= 11 is 0. The third-order valence-corrected chi connectivity index (χ3v) is 4.99. The van der Waals surface area contributed by atoms with E-state index in [0.717, 1.165) is 29.9 Å². The number of amides is 2. The van der Waals surface area contributed by atoms with Crippen molar-refractivity contribution in [2.75, 3.05) is 20.1 Å². The van der Waals surface area contributed by atoms with Crippen LogP contribution in [0.25, 0.3) is 0 Å². The second-order valence-electron chi connectivity index (χ2n) is 6.70. The third kappa shape index (κ3) is 3.91. The zero-order valence-corrected chi connectivity index (χ0v) is 16.7. The van der Waals surface area contributed by atoms with Gasteiger partial charge in [-0.1, -0.05) is 19.9 Å². The lowest BCUT2D eigenvalue weighted by Crippen LogP contribution is -2.40. The van der Waals surface area contributed by atoms with Crippen molar-refractivity contribution in [3.63, 3.8) is 0 Å². The minimum atomic E-state index is -0.344. The Balaban J connectivity index is 0.00000109. The summed E-state index contributed by atoms with van der Waals surface area (Å²) in [6.45, 7) is 6.63. The van der Waals surface area contributed by atoms with Gasteiger partial charge >= 0.3 is 0 Å². The van der Waals surface area contributed by atoms with Crippen molar-refractivity contribution in [2.24, 2.45) is 5.92 Å². The van der Waals surface area contributed by atoms with Crippen LogP contribution in [0.1, 0.15) is 41.3 Å². The Morgan fingerprint density at radius 2 is 2.14 bits per heavy atom. The Morgan fingerprint density at radius 3 is 2.86 bits per heavy atom. The zero-order valence-electron chi connectivity index (χ0n) is 16.7. The molecule has 150 valence electrons. The standard InChI is InChI=1S/C18H22N6O2.C2H6/c1-19-17(25)12-9-23(11-13-4-2-3-6-21-13)18(26)16-14-8-20-7-5-15(14)22-24(16)10-12;1-2/h2-4,6,12,20H,5,7-11H2,1H3,(H,19,25);1-2H3. The summed E-state index contributed by atoms with van der Waals surface area (Å²) in [5.74, 6) is -0.508. The number of nitrogens with one attached hydrogen (secondary N) is 2. The molecule has 2 N–H and O–H groups in total. The highest BCUT2D eigenvalue weighted by Crippen LogP contribution is 2.25. The number of aromatic nitrogens is 3. The van der Waals surface area contributed by atoms with E-state index in [4.69, 9.17) is 0 Å². The van der Waals surface area contributed by atoms with Gasteiger partial charge in [0.2, 0.25) is 5.91 Å². The molecule has 2 aromatic heterocycles. The van der Waals surface area contributed by atoms with E-state index in [-0.39, 0.29) is 17.7 Å². The highest BCUT2D eigenvalue weighted by atomic mass is 16.2. The van der Waals surface area contributed by atoms with E-state index in [1.807, 2.05) is 32.0 Å². The van der Waals surface area contributed by atoms with Crippen LogP contribution in [0.2, 0.25) is 0 Å². The number of fused-ring (bicyclic) bond motifs is 3. The number of pyridine rings is 1. The Labute approximate surface area is 165 Å². The predicted molar refractivity (Wildman–Crippen MR) is 106 cm³/mol. The molecule has 8 nitrogen and oxygen atoms in total. The van der Waals surface area contributed by atoms with Gasteiger partial charge < -0.3 is 15.5 Å². The molecule has 0 fully saturated rings. The summed E-state index contributed by atoms with van der Waals surface area (Å²) in [6.07, 6.45) is 2.51. The predicted octanol–water partition coefficient (Wildman–Crippen LogP) is 0.968. The number of hydrogen-bond donors (Lipinski definition) is 2. The van der Waals surface area contributed by atoms with E-state index in [1.165, 1.54) is 0 Å². The molecule has 28 heavy (non-hydrogen) atoms. The van der Waals surface area contributed by atoms with Crippen molar-refractivity contribution in [3.8, 4) is 0 Å². The number of carbonyl (C=O) groups excluding carboxylic acids is 2. The van der Waals surface area contributed by atoms with Crippen molar-refractivity contribution in [1.29, 1.82) is 0 Å². The van der Waals surface area contributed by atoms with Crippen LogP contribution in [0.5, 0.6) is 0 Å². The maximum absolute atomic E-state index is 13.3. The highest BCUT2D eigenvalue weighted by Gasteiger charge is 2.35. The van der Waals surface area contributed by atoms with Gasteiger partial charge in [-0.3, -0.25) is 19.3 Å². The van der Waals surface area contributed by atoms with Crippen molar-refractivity contribution in [2.45, 2.75) is 39.9 Å². The smallest absolute Gasteiger partial charge is 0.272 e. The monoisotopic (exact) mass is 384 g/mol. The van der Waals surface area contributed by atoms with Gasteiger partial charge in [-0.2, -0.15) is 5.10 Å². The molecule has 0 aliphatic carbocycles. The summed E-state index contributed by atoms with van der Waals surface area (Å²) in [4.78, 5) is 31.7. The quantitative estimate of drug-likeness (QED) is 0.823. The maximum Gasteiger partial charge on any atom is 0.272 e. The van der Waals surface area contributed by atoms with Gasteiger partial charge in [-0.15, -0.1) is 0 Å². The molecule has 8 heteroatoms. The highest BCUT2D eigenvalue weighted by molar-refractivity contribution is 5.95. The first kappa shape index (κ1) is 20.0. The fourth-order valence-corrected chi connectivity index (χ4v) is 3.69. The Bertz CT molecular complexity index is 833. The van der Waals surface area contributed by atoms with Gasteiger partial charge in [-0.25, -0.2) is 0 Å². The fraction of sp³-hybridized carbons (Fsp3) is 0.500. The molecule has 2 aliphatic heterocycles. The molecule has 0 saturated carbocycles. The van der Waals surface area contributed by atoms with Crippen molar-refractivity contribution in [1.82, 2.24) is 30.3 Å². The molecule has 1 atom stereocenters. The SMILES string of the molecule is CC.CNC(=O)C1CN(Cc2ccccn2)C(=O)c2c3c(nn2C1)CCNC3. The van der Waals surface area contributed by atoms with Gasteiger partial charge in [0.15, 0.2) is 0 Å². The van der Waals surface area contributed by atoms with Crippen LogP contribution in [0.4, 0.5) is 0 Å². The summed E-state index contributed by atoms with van der Waals surface area (Å²) < 4.78 is 1.73. The summed E-state index contributed by atoms with van der Waals surface area (Å²) in [5, 5.41) is 10.7. The number of nitrogens with zero attached hydrogens (tertiary/aromatic N) is 4. The van der Waals surface area contributed by atoms with Crippen molar-refractivity contribution >= 4 is 11.8 Å². The van der Waals surface area contributed by atoms with Crippen LogP contribution in [-0.4, -0.2) is 51.6 Å². The van der Waals surface area contributed by atoms with Crippen molar-refractivity contribution < 1.29 is 9.59 Å². The van der Waals surface area contributed by atoms with Gasteiger partial charge in [0.25, 0.3) is 5.91 Å². The molecular formula is C20H28N6O2. The van der Waals surface area contributed by atoms with Gasteiger partial charge in [0.1, 0.15) is 5.69 Å². The molecule has 2 aliphatic rings. The van der Waals surface area contributed by atoms with E-state index < -0.39 is 0 Å². The molecule has 2 amide bonds. The van der Waals surface area contributed by atoms with Gasteiger partial charge in [0.05, 0.1) is 30.4 Å². The summed E-state index contributed by atoms with van der Waals surface area (Å²) in [5.41, 5.74) is 3.33. The number of hydrogen-bond acceptors (Lipinski definition) is 5. The fourth-order valence-electron chi connectivity index (χ4n) is 3.69. The molecule has 2 aromatic rings. The molecule has 0 spiro atoms. The topological polar surface area (TPSA) is 92.2 Å². The maximum atomic E-state index is 13.3. The first-order chi connectivity index (χ1) is 13.7. The second-order valence-corrected chi connectivity index (χ2v) is 6.70. The molecule has 4 rings (SSSR count). The molecule has 1 unspecified atom stereocenters. The normalized spacial score (nSPS) is 18.3. The van der Waals surface area contributed by atoms with Crippen LogP contribution in [0, 0.1) is 5.92 Å². The minimum absolute atomic E-state index is 0.0803. The van der Waals surface area contributed by atoms with Gasteiger partial charge in [0, 0.05) is 44.9 Å². The van der Waals surface area contributed by atoms with Crippen LogP contribution in [-0.2, 0) is 30.8 Å². The Kier molecular flexibility index (Phi) is 6.41. The van der Waals surface area contributed by atoms with E-state index in [2.05, 4.69) is 20.7 Å². The third-order valence-electron chi connectivity index (χ3n) is 4.99. The largest absolute Gasteiger partial charge is 0.359 e. The van der Waals surface area contributed by atoms with E-state index >= 15 is 0 Å². The van der Waals surface area contributed by atoms with E-state index in [1.54, 1.807) is 22.8 Å². The summed E-state index contributed by atoms with van der Waals surface area (Å²) in [7, 11) is 1.62. The Morgan fingerprint density at radius 1 is 1.32 bits per heavy atom. The van der Waals surface area contributed by atoms with Crippen LogP contribution >= 0.6 is 0 Å². The van der Waals surface area contributed by atoms with Crippen molar-refractivity contribution in [3.05, 3.63) is 47.0 Å².